The SMILES string of the molecule is C[C@@H](OC(=O)[C@H]1CCCN(S(=O)(=O)c2ccc(F)cc2)C1)C(=O)NC(C)(C)C. The predicted octanol–water partition coefficient (Wildman–Crippen LogP) is 2.07. The van der Waals surface area contributed by atoms with Gasteiger partial charge in [0.2, 0.25) is 10.0 Å². The molecule has 1 saturated heterocycles. The molecule has 0 saturated carbocycles. The first-order valence-corrected chi connectivity index (χ1v) is 10.6. The zero-order valence-corrected chi connectivity index (χ0v) is 17.4. The first-order valence-electron chi connectivity index (χ1n) is 9.18. The molecule has 156 valence electrons. The molecular weight excluding hydrogens is 387 g/mol. The molecule has 0 aliphatic carbocycles. The van der Waals surface area contributed by atoms with Crippen LogP contribution in [0.4, 0.5) is 4.39 Å². The predicted molar refractivity (Wildman–Crippen MR) is 101 cm³/mol. The summed E-state index contributed by atoms with van der Waals surface area (Å²) >= 11 is 0. The van der Waals surface area contributed by atoms with Crippen LogP contribution < -0.4 is 5.32 Å². The molecule has 1 fully saturated rings. The van der Waals surface area contributed by atoms with E-state index < -0.39 is 45.3 Å². The van der Waals surface area contributed by atoms with Crippen molar-refractivity contribution in [3.8, 4) is 0 Å². The molecule has 9 heteroatoms. The molecule has 1 aliphatic rings. The topological polar surface area (TPSA) is 92.8 Å². The van der Waals surface area contributed by atoms with Gasteiger partial charge in [-0.15, -0.1) is 0 Å². The van der Waals surface area contributed by atoms with Crippen LogP contribution in [0.25, 0.3) is 0 Å². The number of amides is 1. The Morgan fingerprint density at radius 3 is 2.43 bits per heavy atom. The summed E-state index contributed by atoms with van der Waals surface area (Å²) in [6.07, 6.45) is -0.0132. The van der Waals surface area contributed by atoms with Gasteiger partial charge in [0, 0.05) is 18.6 Å². The molecule has 2 atom stereocenters. The Hall–Kier alpha value is -2.00. The Balaban J connectivity index is 2.03. The minimum Gasteiger partial charge on any atom is -0.452 e. The average Bonchev–Trinajstić information content (AvgIpc) is 2.60. The third-order valence-corrected chi connectivity index (χ3v) is 6.21. The molecule has 1 amide bonds. The van der Waals surface area contributed by atoms with Crippen molar-refractivity contribution in [2.75, 3.05) is 13.1 Å². The van der Waals surface area contributed by atoms with Crippen LogP contribution in [0.2, 0.25) is 0 Å². The van der Waals surface area contributed by atoms with Crippen molar-refractivity contribution in [2.45, 2.75) is 57.1 Å². The lowest BCUT2D eigenvalue weighted by Gasteiger charge is -2.31. The lowest BCUT2D eigenvalue weighted by molar-refractivity contribution is -0.160. The van der Waals surface area contributed by atoms with Crippen LogP contribution in [-0.4, -0.2) is 49.3 Å². The van der Waals surface area contributed by atoms with Crippen LogP contribution in [0, 0.1) is 11.7 Å². The number of carbonyl (C=O) groups is 2. The molecule has 1 aliphatic heterocycles. The molecule has 7 nitrogen and oxygen atoms in total. The van der Waals surface area contributed by atoms with E-state index >= 15 is 0 Å². The third kappa shape index (κ3) is 5.75. The van der Waals surface area contributed by atoms with E-state index in [1.165, 1.54) is 23.4 Å². The van der Waals surface area contributed by atoms with Crippen LogP contribution in [0.3, 0.4) is 0 Å². The number of sulfonamides is 1. The molecule has 0 radical (unpaired) electrons. The van der Waals surface area contributed by atoms with E-state index in [1.807, 2.05) is 20.8 Å². The number of hydrogen-bond donors (Lipinski definition) is 1. The number of ether oxygens (including phenoxy) is 1. The molecule has 28 heavy (non-hydrogen) atoms. The van der Waals surface area contributed by atoms with E-state index in [4.69, 9.17) is 4.74 Å². The van der Waals surface area contributed by atoms with Crippen LogP contribution in [-0.2, 0) is 24.3 Å². The van der Waals surface area contributed by atoms with Crippen molar-refractivity contribution in [3.63, 3.8) is 0 Å². The highest BCUT2D eigenvalue weighted by atomic mass is 32.2. The van der Waals surface area contributed by atoms with Gasteiger partial charge in [-0.2, -0.15) is 4.31 Å². The Bertz CT molecular complexity index is 818. The minimum absolute atomic E-state index is 0.0270. The molecule has 2 rings (SSSR count). The number of halogens is 1. The average molecular weight is 414 g/mol. The van der Waals surface area contributed by atoms with Crippen molar-refractivity contribution in [3.05, 3.63) is 30.1 Å². The summed E-state index contributed by atoms with van der Waals surface area (Å²) in [5.41, 5.74) is -0.456. The zero-order valence-electron chi connectivity index (χ0n) is 16.6. The number of carbonyl (C=O) groups excluding carboxylic acids is 2. The Morgan fingerprint density at radius 2 is 1.86 bits per heavy atom. The van der Waals surface area contributed by atoms with Gasteiger partial charge < -0.3 is 10.1 Å². The van der Waals surface area contributed by atoms with Crippen molar-refractivity contribution < 1.29 is 27.1 Å². The van der Waals surface area contributed by atoms with Crippen molar-refractivity contribution in [2.24, 2.45) is 5.92 Å². The second-order valence-corrected chi connectivity index (χ2v) is 9.91. The van der Waals surface area contributed by atoms with E-state index in [0.717, 1.165) is 12.1 Å². The highest BCUT2D eigenvalue weighted by Crippen LogP contribution is 2.25. The second-order valence-electron chi connectivity index (χ2n) is 7.97. The minimum atomic E-state index is -3.83. The van der Waals surface area contributed by atoms with Gasteiger partial charge in [0.25, 0.3) is 5.91 Å². The van der Waals surface area contributed by atoms with Gasteiger partial charge >= 0.3 is 5.97 Å². The van der Waals surface area contributed by atoms with Gasteiger partial charge in [-0.05, 0) is 64.8 Å². The van der Waals surface area contributed by atoms with Gasteiger partial charge in [0.05, 0.1) is 10.8 Å². The van der Waals surface area contributed by atoms with E-state index in [9.17, 15) is 22.4 Å². The Morgan fingerprint density at radius 1 is 1.25 bits per heavy atom. The van der Waals surface area contributed by atoms with Gasteiger partial charge in [-0.3, -0.25) is 9.59 Å². The highest BCUT2D eigenvalue weighted by Gasteiger charge is 2.35. The van der Waals surface area contributed by atoms with Crippen LogP contribution in [0.5, 0.6) is 0 Å². The van der Waals surface area contributed by atoms with Crippen molar-refractivity contribution >= 4 is 21.9 Å². The molecule has 1 N–H and O–H groups in total. The number of nitrogens with one attached hydrogen (secondary N) is 1. The standard InChI is InChI=1S/C19H27FN2O5S/c1-13(17(23)21-19(2,3)4)27-18(24)14-6-5-11-22(12-14)28(25,26)16-9-7-15(20)8-10-16/h7-10,13-14H,5-6,11-12H2,1-4H3,(H,21,23)/t13-,14+/m1/s1. The summed E-state index contributed by atoms with van der Waals surface area (Å²) in [7, 11) is -3.83. The van der Waals surface area contributed by atoms with Gasteiger partial charge in [0.1, 0.15) is 5.82 Å². The quantitative estimate of drug-likeness (QED) is 0.745. The monoisotopic (exact) mass is 414 g/mol. The summed E-state index contributed by atoms with van der Waals surface area (Å²) in [5.74, 6) is -2.20. The zero-order chi connectivity index (χ0) is 21.1. The van der Waals surface area contributed by atoms with E-state index in [0.29, 0.717) is 12.8 Å². The fourth-order valence-electron chi connectivity index (χ4n) is 2.90. The maximum Gasteiger partial charge on any atom is 0.311 e. The first-order chi connectivity index (χ1) is 12.9. The highest BCUT2D eigenvalue weighted by molar-refractivity contribution is 7.89. The summed E-state index contributed by atoms with van der Waals surface area (Å²) in [6.45, 7) is 7.17. The molecular formula is C19H27FN2O5S. The molecule has 0 aromatic heterocycles. The number of rotatable bonds is 5. The fourth-order valence-corrected chi connectivity index (χ4v) is 4.43. The smallest absolute Gasteiger partial charge is 0.311 e. The molecule has 1 aromatic rings. The number of benzene rings is 1. The lowest BCUT2D eigenvalue weighted by atomic mass is 10.00. The van der Waals surface area contributed by atoms with Crippen LogP contribution in [0.15, 0.2) is 29.2 Å². The Labute approximate surface area is 165 Å². The Kier molecular flexibility index (Phi) is 6.82. The van der Waals surface area contributed by atoms with Crippen LogP contribution in [0.1, 0.15) is 40.5 Å². The second kappa shape index (κ2) is 8.57. The van der Waals surface area contributed by atoms with Gasteiger partial charge in [-0.1, -0.05) is 0 Å². The first kappa shape index (κ1) is 22.3. The molecule has 1 heterocycles. The molecule has 0 spiro atoms. The summed E-state index contributed by atoms with van der Waals surface area (Å²) in [6, 6.07) is 4.56. The number of esters is 1. The van der Waals surface area contributed by atoms with Gasteiger partial charge in [-0.25, -0.2) is 12.8 Å². The largest absolute Gasteiger partial charge is 0.452 e. The van der Waals surface area contributed by atoms with Crippen molar-refractivity contribution in [1.29, 1.82) is 0 Å². The van der Waals surface area contributed by atoms with Crippen molar-refractivity contribution in [1.82, 2.24) is 9.62 Å². The van der Waals surface area contributed by atoms with E-state index in [2.05, 4.69) is 5.32 Å². The van der Waals surface area contributed by atoms with Gasteiger partial charge in [0.15, 0.2) is 6.10 Å². The molecule has 0 unspecified atom stereocenters. The third-order valence-electron chi connectivity index (χ3n) is 4.33. The summed E-state index contributed by atoms with van der Waals surface area (Å²) < 4.78 is 45.0. The maximum absolute atomic E-state index is 13.1. The summed E-state index contributed by atoms with van der Waals surface area (Å²) in [5, 5.41) is 2.73. The maximum atomic E-state index is 13.1. The molecule has 0 bridgehead atoms. The molecule has 1 aromatic carbocycles. The summed E-state index contributed by atoms with van der Waals surface area (Å²) in [4.78, 5) is 24.5. The normalized spacial score (nSPS) is 19.7. The number of nitrogens with zero attached hydrogens (tertiary/aromatic N) is 1. The number of piperidine rings is 1. The lowest BCUT2D eigenvalue weighted by Crippen LogP contribution is -2.48. The van der Waals surface area contributed by atoms with E-state index in [-0.39, 0.29) is 18.0 Å². The number of hydrogen-bond acceptors (Lipinski definition) is 5. The fraction of sp³-hybridized carbons (Fsp3) is 0.579. The van der Waals surface area contributed by atoms with E-state index in [1.54, 1.807) is 0 Å². The van der Waals surface area contributed by atoms with Crippen LogP contribution >= 0.6 is 0 Å².